The molecule has 4 heteroatoms. The maximum Gasteiger partial charge on any atom is 0.311 e. The van der Waals surface area contributed by atoms with E-state index in [0.717, 1.165) is 25.9 Å². The molecule has 3 atom stereocenters. The Bertz CT molecular complexity index is 234. The third kappa shape index (κ3) is 1.52. The lowest BCUT2D eigenvalue weighted by Crippen LogP contribution is -2.57. The average Bonchev–Trinajstić information content (AvgIpc) is 2.15. The number of rotatable bonds is 1. The van der Waals surface area contributed by atoms with E-state index in [-0.39, 0.29) is 23.8 Å². The van der Waals surface area contributed by atoms with E-state index < -0.39 is 0 Å². The molecule has 1 saturated carbocycles. The van der Waals surface area contributed by atoms with Crippen LogP contribution in [0.15, 0.2) is 0 Å². The highest BCUT2D eigenvalue weighted by molar-refractivity contribution is 5.85. The zero-order valence-electron chi connectivity index (χ0n) is 8.71. The van der Waals surface area contributed by atoms with Crippen molar-refractivity contribution in [2.75, 3.05) is 20.2 Å². The number of hydrogen-bond acceptors (Lipinski definition) is 3. The molecule has 0 aromatic heterocycles. The van der Waals surface area contributed by atoms with Gasteiger partial charge in [-0.15, -0.1) is 12.4 Å². The molecule has 1 aliphatic heterocycles. The summed E-state index contributed by atoms with van der Waals surface area (Å²) in [5, 5.41) is 3.36. The highest BCUT2D eigenvalue weighted by Gasteiger charge is 2.56. The Hall–Kier alpha value is -0.280. The monoisotopic (exact) mass is 219 g/mol. The lowest BCUT2D eigenvalue weighted by atomic mass is 9.52. The first-order valence-electron chi connectivity index (χ1n) is 4.97. The number of methoxy groups -OCH3 is 1. The van der Waals surface area contributed by atoms with Crippen molar-refractivity contribution in [2.45, 2.75) is 19.8 Å². The van der Waals surface area contributed by atoms with Crippen molar-refractivity contribution >= 4 is 18.4 Å². The van der Waals surface area contributed by atoms with Crippen molar-refractivity contribution in [3.8, 4) is 0 Å². The first-order valence-corrected chi connectivity index (χ1v) is 4.97. The molecule has 2 aliphatic rings. The second-order valence-corrected chi connectivity index (χ2v) is 4.47. The van der Waals surface area contributed by atoms with Gasteiger partial charge in [-0.2, -0.15) is 0 Å². The topological polar surface area (TPSA) is 38.3 Å². The second-order valence-electron chi connectivity index (χ2n) is 4.47. The van der Waals surface area contributed by atoms with Crippen molar-refractivity contribution in [2.24, 2.45) is 17.3 Å². The van der Waals surface area contributed by atoms with Crippen molar-refractivity contribution in [3.05, 3.63) is 0 Å². The van der Waals surface area contributed by atoms with E-state index in [1.807, 2.05) is 6.92 Å². The van der Waals surface area contributed by atoms with Crippen LogP contribution < -0.4 is 5.32 Å². The molecule has 1 saturated heterocycles. The minimum atomic E-state index is -0.179. The van der Waals surface area contributed by atoms with Gasteiger partial charge >= 0.3 is 5.97 Å². The van der Waals surface area contributed by atoms with Gasteiger partial charge in [0.25, 0.3) is 0 Å². The van der Waals surface area contributed by atoms with Crippen molar-refractivity contribution in [1.82, 2.24) is 5.32 Å². The molecule has 0 aromatic rings. The number of carbonyl (C=O) groups excluding carboxylic acids is 1. The van der Waals surface area contributed by atoms with Gasteiger partial charge in [0.05, 0.1) is 12.5 Å². The first kappa shape index (κ1) is 11.8. The molecular formula is C10H18ClNO2. The predicted molar refractivity (Wildman–Crippen MR) is 56.5 cm³/mol. The molecule has 3 nitrogen and oxygen atoms in total. The number of nitrogens with one attached hydrogen (secondary N) is 1. The van der Waals surface area contributed by atoms with Crippen LogP contribution in [0.1, 0.15) is 19.8 Å². The largest absolute Gasteiger partial charge is 0.469 e. The summed E-state index contributed by atoms with van der Waals surface area (Å²) in [7, 11) is 1.49. The quantitative estimate of drug-likeness (QED) is 0.674. The van der Waals surface area contributed by atoms with Gasteiger partial charge in [0.15, 0.2) is 0 Å². The third-order valence-corrected chi connectivity index (χ3v) is 3.76. The van der Waals surface area contributed by atoms with Crippen molar-refractivity contribution in [3.63, 3.8) is 0 Å². The lowest BCUT2D eigenvalue weighted by molar-refractivity contribution is -0.171. The van der Waals surface area contributed by atoms with Gasteiger partial charge in [-0.25, -0.2) is 0 Å². The Morgan fingerprint density at radius 1 is 1.57 bits per heavy atom. The second kappa shape index (κ2) is 4.07. The predicted octanol–water partition coefficient (Wildman–Crippen LogP) is 1.22. The van der Waals surface area contributed by atoms with Gasteiger partial charge < -0.3 is 10.1 Å². The van der Waals surface area contributed by atoms with E-state index in [1.54, 1.807) is 0 Å². The Balaban J connectivity index is 0.000000980. The number of carbonyl (C=O) groups is 1. The molecule has 0 amide bonds. The van der Waals surface area contributed by atoms with E-state index in [1.165, 1.54) is 7.11 Å². The number of piperidine rings is 1. The molecule has 14 heavy (non-hydrogen) atoms. The molecule has 1 N–H and O–H groups in total. The third-order valence-electron chi connectivity index (χ3n) is 3.76. The van der Waals surface area contributed by atoms with E-state index in [9.17, 15) is 4.79 Å². The number of esters is 1. The number of hydrogen-bond donors (Lipinski definition) is 1. The van der Waals surface area contributed by atoms with Crippen LogP contribution in [0.25, 0.3) is 0 Å². The van der Waals surface area contributed by atoms with Crippen LogP contribution in [0.5, 0.6) is 0 Å². The Morgan fingerprint density at radius 3 is 2.86 bits per heavy atom. The van der Waals surface area contributed by atoms with Gasteiger partial charge in [-0.05, 0) is 44.7 Å². The standard InChI is InChI=1S/C10H17NO2.ClH/c1-10(9(12)13-2)5-7-6-11-4-3-8(7)10;/h7-8,11H,3-6H2,1-2H3;1H/t7-,8+,10-;/m0./s1. The van der Waals surface area contributed by atoms with E-state index >= 15 is 0 Å². The molecular weight excluding hydrogens is 202 g/mol. The Labute approximate surface area is 91.0 Å². The normalized spacial score (nSPS) is 40.1. The van der Waals surface area contributed by atoms with Crippen LogP contribution >= 0.6 is 12.4 Å². The molecule has 0 spiro atoms. The highest BCUT2D eigenvalue weighted by Crippen LogP contribution is 2.54. The van der Waals surface area contributed by atoms with Gasteiger partial charge in [0.2, 0.25) is 0 Å². The molecule has 2 rings (SSSR count). The fraction of sp³-hybridized carbons (Fsp3) is 0.900. The van der Waals surface area contributed by atoms with Crippen LogP contribution in [0.2, 0.25) is 0 Å². The van der Waals surface area contributed by atoms with Crippen LogP contribution in [-0.4, -0.2) is 26.2 Å². The van der Waals surface area contributed by atoms with E-state index in [4.69, 9.17) is 4.74 Å². The summed E-state index contributed by atoms with van der Waals surface area (Å²) < 4.78 is 4.85. The Morgan fingerprint density at radius 2 is 2.29 bits per heavy atom. The average molecular weight is 220 g/mol. The summed E-state index contributed by atoms with van der Waals surface area (Å²) >= 11 is 0. The minimum absolute atomic E-state index is 0. The van der Waals surface area contributed by atoms with Crippen molar-refractivity contribution < 1.29 is 9.53 Å². The highest BCUT2D eigenvalue weighted by atomic mass is 35.5. The van der Waals surface area contributed by atoms with E-state index in [0.29, 0.717) is 11.8 Å². The van der Waals surface area contributed by atoms with Crippen LogP contribution in [0.3, 0.4) is 0 Å². The van der Waals surface area contributed by atoms with Gasteiger partial charge in [-0.1, -0.05) is 0 Å². The Kier molecular flexibility index (Phi) is 3.43. The van der Waals surface area contributed by atoms with Gasteiger partial charge in [0.1, 0.15) is 0 Å². The van der Waals surface area contributed by atoms with E-state index in [2.05, 4.69) is 5.32 Å². The van der Waals surface area contributed by atoms with Gasteiger partial charge in [-0.3, -0.25) is 4.79 Å². The zero-order chi connectivity index (χ0) is 9.47. The summed E-state index contributed by atoms with van der Waals surface area (Å²) in [5.74, 6) is 1.25. The van der Waals surface area contributed by atoms with Gasteiger partial charge in [0, 0.05) is 0 Å². The molecule has 0 aromatic carbocycles. The molecule has 2 fully saturated rings. The van der Waals surface area contributed by atoms with Crippen LogP contribution in [-0.2, 0) is 9.53 Å². The lowest BCUT2D eigenvalue weighted by Gasteiger charge is -2.53. The molecule has 0 bridgehead atoms. The first-order chi connectivity index (χ1) is 6.18. The molecule has 0 radical (unpaired) electrons. The summed E-state index contributed by atoms with van der Waals surface area (Å²) in [4.78, 5) is 11.5. The molecule has 1 heterocycles. The molecule has 1 aliphatic carbocycles. The van der Waals surface area contributed by atoms with Crippen molar-refractivity contribution in [1.29, 1.82) is 0 Å². The molecule has 82 valence electrons. The number of ether oxygens (including phenoxy) is 1. The van der Waals surface area contributed by atoms with Crippen LogP contribution in [0.4, 0.5) is 0 Å². The summed E-state index contributed by atoms with van der Waals surface area (Å²) in [6.07, 6.45) is 2.12. The smallest absolute Gasteiger partial charge is 0.311 e. The summed E-state index contributed by atoms with van der Waals surface area (Å²) in [5.41, 5.74) is -0.179. The number of halogens is 1. The zero-order valence-corrected chi connectivity index (χ0v) is 9.52. The summed E-state index contributed by atoms with van der Waals surface area (Å²) in [6.45, 7) is 4.18. The summed E-state index contributed by atoms with van der Waals surface area (Å²) in [6, 6.07) is 0. The minimum Gasteiger partial charge on any atom is -0.469 e. The fourth-order valence-electron chi connectivity index (χ4n) is 2.98. The SMILES string of the molecule is COC(=O)[C@@]1(C)C[C@H]2CNCC[C@H]21.Cl. The molecule has 0 unspecified atom stereocenters. The fourth-order valence-corrected chi connectivity index (χ4v) is 2.98. The maximum atomic E-state index is 11.5. The number of fused-ring (bicyclic) bond motifs is 1. The van der Waals surface area contributed by atoms with Crippen LogP contribution in [0, 0.1) is 17.3 Å². The maximum absolute atomic E-state index is 11.5.